The van der Waals surface area contributed by atoms with Crippen molar-refractivity contribution in [1.82, 2.24) is 15.5 Å². The Bertz CT molecular complexity index is 1420. The van der Waals surface area contributed by atoms with Crippen molar-refractivity contribution in [1.29, 1.82) is 0 Å². The molecule has 2 atom stereocenters. The molecular weight excluding hydrogens is 603 g/mol. The fourth-order valence-electron chi connectivity index (χ4n) is 5.46. The van der Waals surface area contributed by atoms with E-state index in [1.165, 1.54) is 12.1 Å². The molecule has 9 heteroatoms. The summed E-state index contributed by atoms with van der Waals surface area (Å²) in [6.07, 6.45) is 8.60. The Morgan fingerprint density at radius 1 is 1.07 bits per heavy atom. The number of aliphatic hydroxyl groups excluding tert-OH is 1. The van der Waals surface area contributed by atoms with Crippen molar-refractivity contribution >= 4 is 30.7 Å². The Labute approximate surface area is 272 Å². The number of carbonyl (C=O) groups excluding carboxylic acids is 1. The minimum absolute atomic E-state index is 0. The summed E-state index contributed by atoms with van der Waals surface area (Å²) >= 11 is 0. The summed E-state index contributed by atoms with van der Waals surface area (Å²) < 4.78 is 28.0. The summed E-state index contributed by atoms with van der Waals surface area (Å²) in [6, 6.07) is 16.0. The molecule has 44 heavy (non-hydrogen) atoms. The van der Waals surface area contributed by atoms with E-state index in [1.54, 1.807) is 0 Å². The zero-order chi connectivity index (χ0) is 30.3. The van der Waals surface area contributed by atoms with Crippen LogP contribution in [0.4, 0.5) is 8.78 Å². The number of carbonyl (C=O) groups is 1. The first-order valence-corrected chi connectivity index (χ1v) is 14.7. The highest BCUT2D eigenvalue weighted by Crippen LogP contribution is 2.45. The number of halogens is 4. The van der Waals surface area contributed by atoms with E-state index in [1.807, 2.05) is 43.3 Å². The Kier molecular flexibility index (Phi) is 14.3. The number of terminal acetylenes is 1. The van der Waals surface area contributed by atoms with Gasteiger partial charge in [0.1, 0.15) is 11.6 Å². The highest BCUT2D eigenvalue weighted by Gasteiger charge is 2.44. The quantitative estimate of drug-likeness (QED) is 0.180. The van der Waals surface area contributed by atoms with Crippen LogP contribution in [0.5, 0.6) is 0 Å². The maximum atomic E-state index is 14.0. The lowest BCUT2D eigenvalue weighted by Gasteiger charge is -2.27. The highest BCUT2D eigenvalue weighted by atomic mass is 35.5. The van der Waals surface area contributed by atoms with E-state index in [9.17, 15) is 18.7 Å². The molecule has 0 saturated heterocycles. The van der Waals surface area contributed by atoms with Gasteiger partial charge in [0.05, 0.1) is 12.1 Å². The topological polar surface area (TPSA) is 64.6 Å². The first kappa shape index (κ1) is 37.2. The number of unbranched alkanes of at least 4 members (excludes halogenated alkanes) is 1. The van der Waals surface area contributed by atoms with Crippen LogP contribution in [0.15, 0.2) is 60.7 Å². The molecule has 1 saturated carbocycles. The van der Waals surface area contributed by atoms with E-state index in [4.69, 9.17) is 6.42 Å². The molecule has 0 bridgehead atoms. The first-order valence-electron chi connectivity index (χ1n) is 14.7. The lowest BCUT2D eigenvalue weighted by Crippen LogP contribution is -2.50. The average Bonchev–Trinajstić information content (AvgIpc) is 3.75. The summed E-state index contributed by atoms with van der Waals surface area (Å²) in [4.78, 5) is 15.8. The molecule has 1 aliphatic carbocycles. The van der Waals surface area contributed by atoms with Gasteiger partial charge in [-0.25, -0.2) is 8.78 Å². The third-order valence-electron chi connectivity index (χ3n) is 7.89. The van der Waals surface area contributed by atoms with Gasteiger partial charge in [-0.05, 0) is 99.3 Å². The van der Waals surface area contributed by atoms with Gasteiger partial charge in [0.15, 0.2) is 0 Å². The molecule has 5 nitrogen and oxygen atoms in total. The standard InChI is InChI=1S/C35H41F2N3O2.2ClH/c1-5-7-13-40(4)23-27-14-24(3)15-28(16-27)34(42)39-32(20-26-18-30(36)21-31(37)19-26)33(41)22-38-35(11-12-35)29-10-8-9-25(6-2)17-29;;/h2,8-10,14-19,21,32-33,38,41H,5,7,11-13,20,22-23H2,1,3-4H3,(H,39,42);2*1H/t32-,33+;;/m0../s1. The molecule has 0 spiro atoms. The fraction of sp³-hybridized carbons (Fsp3) is 0.400. The highest BCUT2D eigenvalue weighted by molar-refractivity contribution is 5.94. The molecular formula is C35H43Cl2F2N3O2. The number of nitrogens with one attached hydrogen (secondary N) is 2. The normalized spacial score (nSPS) is 14.5. The average molecular weight is 647 g/mol. The predicted molar refractivity (Wildman–Crippen MR) is 178 cm³/mol. The summed E-state index contributed by atoms with van der Waals surface area (Å²) in [7, 11) is 2.06. The predicted octanol–water partition coefficient (Wildman–Crippen LogP) is 6.31. The fourth-order valence-corrected chi connectivity index (χ4v) is 5.46. The van der Waals surface area contributed by atoms with Crippen LogP contribution in [0.1, 0.15) is 70.8 Å². The Balaban J connectivity index is 0.00000337. The second kappa shape index (κ2) is 16.9. The summed E-state index contributed by atoms with van der Waals surface area (Å²) in [5, 5.41) is 17.8. The van der Waals surface area contributed by atoms with E-state index in [0.29, 0.717) is 17.7 Å². The van der Waals surface area contributed by atoms with Crippen LogP contribution >= 0.6 is 24.8 Å². The van der Waals surface area contributed by atoms with Gasteiger partial charge in [0.2, 0.25) is 0 Å². The van der Waals surface area contributed by atoms with E-state index in [0.717, 1.165) is 60.5 Å². The zero-order valence-electron chi connectivity index (χ0n) is 25.5. The van der Waals surface area contributed by atoms with Crippen LogP contribution in [0.2, 0.25) is 0 Å². The van der Waals surface area contributed by atoms with Gasteiger partial charge < -0.3 is 20.6 Å². The number of rotatable bonds is 14. The number of nitrogens with zero attached hydrogens (tertiary/aromatic N) is 1. The van der Waals surface area contributed by atoms with Gasteiger partial charge in [-0.1, -0.05) is 43.0 Å². The monoisotopic (exact) mass is 645 g/mol. The second-order valence-corrected chi connectivity index (χ2v) is 11.6. The zero-order valence-corrected chi connectivity index (χ0v) is 27.2. The number of amides is 1. The number of aliphatic hydroxyl groups is 1. The molecule has 3 aromatic rings. The van der Waals surface area contributed by atoms with Gasteiger partial charge in [-0.15, -0.1) is 31.2 Å². The molecule has 0 heterocycles. The molecule has 3 aromatic carbocycles. The molecule has 1 amide bonds. The van der Waals surface area contributed by atoms with Crippen molar-refractivity contribution in [2.45, 2.75) is 70.2 Å². The van der Waals surface area contributed by atoms with E-state index < -0.39 is 23.8 Å². The maximum Gasteiger partial charge on any atom is 0.251 e. The Morgan fingerprint density at radius 3 is 2.41 bits per heavy atom. The van der Waals surface area contributed by atoms with Crippen molar-refractivity contribution in [2.24, 2.45) is 0 Å². The van der Waals surface area contributed by atoms with Crippen molar-refractivity contribution in [3.8, 4) is 12.3 Å². The van der Waals surface area contributed by atoms with E-state index >= 15 is 0 Å². The first-order chi connectivity index (χ1) is 20.1. The van der Waals surface area contributed by atoms with Crippen molar-refractivity contribution in [3.63, 3.8) is 0 Å². The summed E-state index contributed by atoms with van der Waals surface area (Å²) in [6.45, 7) is 5.95. The van der Waals surface area contributed by atoms with Crippen LogP contribution < -0.4 is 10.6 Å². The smallest absolute Gasteiger partial charge is 0.251 e. The molecule has 1 fully saturated rings. The van der Waals surface area contributed by atoms with Crippen LogP contribution in [-0.4, -0.2) is 48.2 Å². The minimum Gasteiger partial charge on any atom is -0.390 e. The Morgan fingerprint density at radius 2 is 1.77 bits per heavy atom. The van der Waals surface area contributed by atoms with Crippen LogP contribution in [0.3, 0.4) is 0 Å². The Hall–Kier alpha value is -2.99. The van der Waals surface area contributed by atoms with Crippen molar-refractivity contribution in [2.75, 3.05) is 20.1 Å². The van der Waals surface area contributed by atoms with Crippen LogP contribution in [0.25, 0.3) is 0 Å². The SMILES string of the molecule is C#Cc1cccc(C2(NC[C@@H](O)[C@H](Cc3cc(F)cc(F)c3)NC(=O)c3cc(C)cc(CN(C)CCCC)c3)CC2)c1.Cl.Cl. The largest absolute Gasteiger partial charge is 0.390 e. The number of aryl methyl sites for hydroxylation is 1. The lowest BCUT2D eigenvalue weighted by molar-refractivity contribution is 0.0821. The minimum atomic E-state index is -1.03. The molecule has 0 aromatic heterocycles. The molecule has 0 unspecified atom stereocenters. The molecule has 0 aliphatic heterocycles. The van der Waals surface area contributed by atoms with Gasteiger partial charge in [0.25, 0.3) is 5.91 Å². The third kappa shape index (κ3) is 10.3. The number of hydrogen-bond donors (Lipinski definition) is 3. The van der Waals surface area contributed by atoms with Crippen molar-refractivity contribution < 1.29 is 18.7 Å². The van der Waals surface area contributed by atoms with Crippen LogP contribution in [0, 0.1) is 30.9 Å². The molecule has 1 aliphatic rings. The van der Waals surface area contributed by atoms with E-state index in [-0.39, 0.29) is 49.2 Å². The molecule has 3 N–H and O–H groups in total. The summed E-state index contributed by atoms with van der Waals surface area (Å²) in [5.41, 5.74) is 4.34. The number of hydrogen-bond acceptors (Lipinski definition) is 4. The van der Waals surface area contributed by atoms with Crippen LogP contribution in [-0.2, 0) is 18.5 Å². The maximum absolute atomic E-state index is 14.0. The third-order valence-corrected chi connectivity index (χ3v) is 7.89. The second-order valence-electron chi connectivity index (χ2n) is 11.6. The van der Waals surface area contributed by atoms with Gasteiger partial charge in [-0.3, -0.25) is 4.79 Å². The lowest BCUT2D eigenvalue weighted by atomic mass is 9.98. The van der Waals surface area contributed by atoms with E-state index in [2.05, 4.69) is 41.5 Å². The van der Waals surface area contributed by atoms with Gasteiger partial charge in [-0.2, -0.15) is 0 Å². The molecule has 238 valence electrons. The van der Waals surface area contributed by atoms with Gasteiger partial charge >= 0.3 is 0 Å². The molecule has 4 rings (SSSR count). The van der Waals surface area contributed by atoms with Gasteiger partial charge in [0, 0.05) is 35.8 Å². The number of benzene rings is 3. The van der Waals surface area contributed by atoms with Crippen molar-refractivity contribution in [3.05, 3.63) is 106 Å². The molecule has 0 radical (unpaired) electrons. The summed E-state index contributed by atoms with van der Waals surface area (Å²) in [5.74, 6) is 0.905.